The Morgan fingerprint density at radius 2 is 2.58 bits per heavy atom. The van der Waals surface area contributed by atoms with E-state index < -0.39 is 0 Å². The van der Waals surface area contributed by atoms with E-state index in [1.54, 1.807) is 6.20 Å². The zero-order chi connectivity index (χ0) is 8.23. The second kappa shape index (κ2) is 3.67. The summed E-state index contributed by atoms with van der Waals surface area (Å²) in [5.41, 5.74) is 0. The Morgan fingerprint density at radius 3 is 3.25 bits per heavy atom. The molecule has 0 aliphatic carbocycles. The van der Waals surface area contributed by atoms with Crippen molar-refractivity contribution in [3.05, 3.63) is 12.4 Å². The maximum atomic E-state index is 3.92. The molecule has 0 saturated carbocycles. The van der Waals surface area contributed by atoms with Crippen LogP contribution in [-0.2, 0) is 6.54 Å². The van der Waals surface area contributed by atoms with Crippen LogP contribution in [0.1, 0.15) is 12.8 Å². The second-order valence-corrected chi connectivity index (χ2v) is 3.31. The molecule has 12 heavy (non-hydrogen) atoms. The first kappa shape index (κ1) is 7.73. The van der Waals surface area contributed by atoms with E-state index >= 15 is 0 Å². The van der Waals surface area contributed by atoms with Crippen molar-refractivity contribution in [3.8, 4) is 0 Å². The van der Waals surface area contributed by atoms with Gasteiger partial charge < -0.3 is 5.32 Å². The monoisotopic (exact) mass is 166 g/mol. The number of nitrogens with zero attached hydrogens (tertiary/aromatic N) is 3. The molecule has 0 amide bonds. The van der Waals surface area contributed by atoms with Gasteiger partial charge in [0.25, 0.3) is 0 Å². The predicted molar refractivity (Wildman–Crippen MR) is 45.6 cm³/mol. The SMILES string of the molecule is c1cn(CCC2CCNC2)nn1. The molecule has 1 unspecified atom stereocenters. The molecule has 1 aliphatic rings. The summed E-state index contributed by atoms with van der Waals surface area (Å²) >= 11 is 0. The summed E-state index contributed by atoms with van der Waals surface area (Å²) < 4.78 is 1.90. The fourth-order valence-corrected chi connectivity index (χ4v) is 1.63. The van der Waals surface area contributed by atoms with Gasteiger partial charge in [-0.2, -0.15) is 0 Å². The van der Waals surface area contributed by atoms with Crippen molar-refractivity contribution < 1.29 is 0 Å². The van der Waals surface area contributed by atoms with Crippen molar-refractivity contribution >= 4 is 0 Å². The number of hydrogen-bond donors (Lipinski definition) is 1. The predicted octanol–water partition coefficient (Wildman–Crippen LogP) is 0.278. The Labute approximate surface area is 72.0 Å². The van der Waals surface area contributed by atoms with Crippen LogP contribution in [0.15, 0.2) is 12.4 Å². The third kappa shape index (κ3) is 1.82. The summed E-state index contributed by atoms with van der Waals surface area (Å²) in [6, 6.07) is 0. The Balaban J connectivity index is 1.74. The molecule has 4 heteroatoms. The van der Waals surface area contributed by atoms with Crippen LogP contribution in [-0.4, -0.2) is 28.1 Å². The van der Waals surface area contributed by atoms with E-state index in [0.717, 1.165) is 12.5 Å². The van der Waals surface area contributed by atoms with Gasteiger partial charge in [-0.3, -0.25) is 4.68 Å². The van der Waals surface area contributed by atoms with Crippen molar-refractivity contribution in [3.63, 3.8) is 0 Å². The van der Waals surface area contributed by atoms with Gasteiger partial charge in [0.05, 0.1) is 6.20 Å². The quantitative estimate of drug-likeness (QED) is 0.701. The Kier molecular flexibility index (Phi) is 2.36. The van der Waals surface area contributed by atoms with Crippen LogP contribution in [0.4, 0.5) is 0 Å². The van der Waals surface area contributed by atoms with Gasteiger partial charge in [0.15, 0.2) is 0 Å². The van der Waals surface area contributed by atoms with Gasteiger partial charge in [0.1, 0.15) is 0 Å². The van der Waals surface area contributed by atoms with Crippen LogP contribution in [0.2, 0.25) is 0 Å². The maximum Gasteiger partial charge on any atom is 0.0692 e. The summed E-state index contributed by atoms with van der Waals surface area (Å²) in [5.74, 6) is 0.842. The highest BCUT2D eigenvalue weighted by Crippen LogP contribution is 2.12. The number of nitrogens with one attached hydrogen (secondary N) is 1. The number of rotatable bonds is 3. The molecule has 1 fully saturated rings. The third-order valence-electron chi connectivity index (χ3n) is 2.40. The van der Waals surface area contributed by atoms with Gasteiger partial charge in [-0.15, -0.1) is 5.10 Å². The molecule has 1 saturated heterocycles. The Morgan fingerprint density at radius 1 is 1.58 bits per heavy atom. The smallest absolute Gasteiger partial charge is 0.0692 e. The van der Waals surface area contributed by atoms with Gasteiger partial charge in [-0.05, 0) is 31.8 Å². The second-order valence-electron chi connectivity index (χ2n) is 3.31. The van der Waals surface area contributed by atoms with Gasteiger partial charge in [-0.25, -0.2) is 0 Å². The molecule has 1 N–H and O–H groups in total. The van der Waals surface area contributed by atoms with Crippen LogP contribution >= 0.6 is 0 Å². The number of hydrogen-bond acceptors (Lipinski definition) is 3. The van der Waals surface area contributed by atoms with Crippen molar-refractivity contribution in [2.45, 2.75) is 19.4 Å². The molecule has 0 spiro atoms. The first-order valence-corrected chi connectivity index (χ1v) is 4.50. The maximum absolute atomic E-state index is 3.92. The summed E-state index contributed by atoms with van der Waals surface area (Å²) in [6.07, 6.45) is 6.18. The van der Waals surface area contributed by atoms with Crippen molar-refractivity contribution in [1.82, 2.24) is 20.3 Å². The molecule has 1 aromatic rings. The number of aryl methyl sites for hydroxylation is 1. The molecule has 1 aromatic heterocycles. The fraction of sp³-hybridized carbons (Fsp3) is 0.750. The highest BCUT2D eigenvalue weighted by Gasteiger charge is 2.13. The van der Waals surface area contributed by atoms with Crippen molar-refractivity contribution in [2.75, 3.05) is 13.1 Å². The lowest BCUT2D eigenvalue weighted by Crippen LogP contribution is -2.11. The Hall–Kier alpha value is -0.900. The van der Waals surface area contributed by atoms with E-state index in [9.17, 15) is 0 Å². The minimum Gasteiger partial charge on any atom is -0.316 e. The average Bonchev–Trinajstić information content (AvgIpc) is 2.74. The highest BCUT2D eigenvalue weighted by molar-refractivity contribution is 4.72. The summed E-state index contributed by atoms with van der Waals surface area (Å²) in [6.45, 7) is 3.36. The van der Waals surface area contributed by atoms with E-state index in [1.807, 2.05) is 10.9 Å². The topological polar surface area (TPSA) is 42.7 Å². The van der Waals surface area contributed by atoms with Crippen LogP contribution in [0.25, 0.3) is 0 Å². The lowest BCUT2D eigenvalue weighted by Gasteiger charge is -2.06. The normalized spacial score (nSPS) is 23.2. The van der Waals surface area contributed by atoms with Crippen molar-refractivity contribution in [1.29, 1.82) is 0 Å². The summed E-state index contributed by atoms with van der Waals surface area (Å²) in [7, 11) is 0. The van der Waals surface area contributed by atoms with E-state index in [-0.39, 0.29) is 0 Å². The molecule has 0 bridgehead atoms. The van der Waals surface area contributed by atoms with Gasteiger partial charge >= 0.3 is 0 Å². The van der Waals surface area contributed by atoms with Gasteiger partial charge in [0, 0.05) is 12.7 Å². The fourth-order valence-electron chi connectivity index (χ4n) is 1.63. The van der Waals surface area contributed by atoms with E-state index in [1.165, 1.54) is 25.9 Å². The first-order valence-electron chi connectivity index (χ1n) is 4.50. The van der Waals surface area contributed by atoms with E-state index in [2.05, 4.69) is 15.6 Å². The van der Waals surface area contributed by atoms with Crippen LogP contribution < -0.4 is 5.32 Å². The minimum absolute atomic E-state index is 0.842. The summed E-state index contributed by atoms with van der Waals surface area (Å²) in [5, 5.41) is 11.0. The lowest BCUT2D eigenvalue weighted by molar-refractivity contribution is 0.451. The summed E-state index contributed by atoms with van der Waals surface area (Å²) in [4.78, 5) is 0. The van der Waals surface area contributed by atoms with Gasteiger partial charge in [-0.1, -0.05) is 5.21 Å². The molecule has 1 atom stereocenters. The molecular weight excluding hydrogens is 152 g/mol. The molecule has 0 aromatic carbocycles. The van der Waals surface area contributed by atoms with Crippen LogP contribution in [0.3, 0.4) is 0 Å². The Bertz CT molecular complexity index is 213. The zero-order valence-corrected chi connectivity index (χ0v) is 7.11. The standard InChI is InChI=1S/C8H14N4/c1-3-9-7-8(1)2-5-12-6-4-10-11-12/h4,6,8-9H,1-3,5,7H2. The third-order valence-corrected chi connectivity index (χ3v) is 2.40. The average molecular weight is 166 g/mol. The lowest BCUT2D eigenvalue weighted by atomic mass is 10.1. The van der Waals surface area contributed by atoms with Crippen LogP contribution in [0.5, 0.6) is 0 Å². The molecule has 2 rings (SSSR count). The van der Waals surface area contributed by atoms with Crippen LogP contribution in [0, 0.1) is 5.92 Å². The first-order chi connectivity index (χ1) is 5.95. The zero-order valence-electron chi connectivity index (χ0n) is 7.11. The molecule has 2 heterocycles. The van der Waals surface area contributed by atoms with E-state index in [4.69, 9.17) is 0 Å². The molecular formula is C8H14N4. The van der Waals surface area contributed by atoms with Crippen molar-refractivity contribution in [2.24, 2.45) is 5.92 Å². The molecule has 0 radical (unpaired) electrons. The molecule has 1 aliphatic heterocycles. The molecule has 4 nitrogen and oxygen atoms in total. The molecule has 66 valence electrons. The highest BCUT2D eigenvalue weighted by atomic mass is 15.4. The van der Waals surface area contributed by atoms with Gasteiger partial charge in [0.2, 0.25) is 0 Å². The largest absolute Gasteiger partial charge is 0.316 e. The number of aromatic nitrogens is 3. The van der Waals surface area contributed by atoms with E-state index in [0.29, 0.717) is 0 Å². The minimum atomic E-state index is 0.842.